The van der Waals surface area contributed by atoms with E-state index in [-0.39, 0.29) is 25.7 Å². The smallest absolute Gasteiger partial charge is 0.462 e. The molecule has 0 aromatic carbocycles. The van der Waals surface area contributed by atoms with Gasteiger partial charge in [-0.3, -0.25) is 37.3 Å². The number of ether oxygens (including phenoxy) is 4. The Kier molecular flexibility index (Phi) is 60.7. The predicted octanol–water partition coefficient (Wildman–Crippen LogP) is 20.2. The van der Waals surface area contributed by atoms with Crippen molar-refractivity contribution in [2.24, 2.45) is 17.8 Å². The molecule has 0 fully saturated rings. The molecule has 0 saturated heterocycles. The third-order valence-electron chi connectivity index (χ3n) is 16.4. The first kappa shape index (κ1) is 88.5. The van der Waals surface area contributed by atoms with Crippen LogP contribution >= 0.6 is 15.6 Å². The maximum atomic E-state index is 13.0. The normalized spacial score (nSPS) is 14.6. The highest BCUT2D eigenvalue weighted by Crippen LogP contribution is 2.45. The summed E-state index contributed by atoms with van der Waals surface area (Å²) in [5, 5.41) is 10.6. The first-order valence-electron chi connectivity index (χ1n) is 36.7. The molecule has 0 aliphatic rings. The number of rotatable bonds is 68. The molecule has 0 bridgehead atoms. The molecule has 0 saturated carbocycles. The van der Waals surface area contributed by atoms with Crippen molar-refractivity contribution in [3.05, 3.63) is 24.3 Å². The van der Waals surface area contributed by atoms with E-state index < -0.39 is 97.5 Å². The van der Waals surface area contributed by atoms with Gasteiger partial charge in [-0.15, -0.1) is 0 Å². The predicted molar refractivity (Wildman–Crippen MR) is 367 cm³/mol. The van der Waals surface area contributed by atoms with E-state index in [0.717, 1.165) is 127 Å². The maximum Gasteiger partial charge on any atom is 0.472 e. The standard InChI is InChI=1S/C72H136O17P2/c1-8-10-11-12-13-14-15-16-17-18-21-24-32-39-46-53-69(74)82-59-67(88-71(76)55-48-41-33-25-22-19-20-23-29-36-43-50-63(3)4)61-86-90(78,79)84-57-66(73)58-85-91(80,81)87-62-68(60-83-70(75)54-47-40-35-28-30-37-44-51-64(5)6)89-72(77)56-49-42-34-27-26-31-38-45-52-65(7)9-2/h14-17,63-68,73H,8-13,18-62H2,1-7H3,(H,78,79)(H,80,81)/b15-14-,17-16-/t65?,66?,67-,68-/m1/s1. The summed E-state index contributed by atoms with van der Waals surface area (Å²) >= 11 is 0. The van der Waals surface area contributed by atoms with Crippen LogP contribution in [0.3, 0.4) is 0 Å². The molecule has 536 valence electrons. The highest BCUT2D eigenvalue weighted by molar-refractivity contribution is 7.47. The Morgan fingerprint density at radius 1 is 0.363 bits per heavy atom. The van der Waals surface area contributed by atoms with Crippen molar-refractivity contribution in [2.75, 3.05) is 39.6 Å². The summed E-state index contributed by atoms with van der Waals surface area (Å²) in [5.74, 6) is 0.0777. The SMILES string of the molecule is CCCCCC/C=C\C=C/CCCCCCCC(=O)OC[C@H](COP(=O)(O)OCC(O)COP(=O)(O)OC[C@@H](COC(=O)CCCCCCCCCC(C)C)OC(=O)CCCCCCCCCCC(C)CC)OC(=O)CCCCCCCCCCCCCC(C)C. The number of esters is 4. The first-order chi connectivity index (χ1) is 43.8. The van der Waals surface area contributed by atoms with Crippen LogP contribution in [0.15, 0.2) is 24.3 Å². The van der Waals surface area contributed by atoms with Crippen molar-refractivity contribution < 1.29 is 80.2 Å². The lowest BCUT2D eigenvalue weighted by molar-refractivity contribution is -0.161. The fourth-order valence-corrected chi connectivity index (χ4v) is 11.9. The maximum absolute atomic E-state index is 13.0. The minimum atomic E-state index is -4.96. The molecule has 0 aromatic heterocycles. The molecule has 19 heteroatoms. The van der Waals surface area contributed by atoms with E-state index in [0.29, 0.717) is 31.6 Å². The second-order valence-corrected chi connectivity index (χ2v) is 29.4. The second kappa shape index (κ2) is 62.4. The number of phosphoric ester groups is 2. The average Bonchev–Trinajstić information content (AvgIpc) is 3.00. The third-order valence-corrected chi connectivity index (χ3v) is 18.3. The number of aliphatic hydroxyl groups is 1. The molecule has 0 heterocycles. The molecule has 6 atom stereocenters. The molecule has 3 N–H and O–H groups in total. The van der Waals surface area contributed by atoms with Crippen molar-refractivity contribution in [3.63, 3.8) is 0 Å². The Morgan fingerprint density at radius 2 is 0.648 bits per heavy atom. The Balaban J connectivity index is 5.30. The van der Waals surface area contributed by atoms with E-state index in [4.69, 9.17) is 37.0 Å². The summed E-state index contributed by atoms with van der Waals surface area (Å²) in [6, 6.07) is 0. The minimum absolute atomic E-state index is 0.0990. The molecule has 0 aromatic rings. The Hall–Kier alpha value is -2.46. The summed E-state index contributed by atoms with van der Waals surface area (Å²) < 4.78 is 68.3. The highest BCUT2D eigenvalue weighted by atomic mass is 31.2. The topological polar surface area (TPSA) is 237 Å². The van der Waals surface area contributed by atoms with Crippen LogP contribution in [0.25, 0.3) is 0 Å². The third kappa shape index (κ3) is 64.6. The largest absolute Gasteiger partial charge is 0.472 e. The number of phosphoric acid groups is 2. The van der Waals surface area contributed by atoms with Crippen LogP contribution in [0.4, 0.5) is 0 Å². The van der Waals surface area contributed by atoms with Crippen LogP contribution in [0.2, 0.25) is 0 Å². The fourth-order valence-electron chi connectivity index (χ4n) is 10.3. The highest BCUT2D eigenvalue weighted by Gasteiger charge is 2.30. The van der Waals surface area contributed by atoms with Crippen molar-refractivity contribution in [3.8, 4) is 0 Å². The molecular formula is C72H136O17P2. The zero-order chi connectivity index (χ0) is 67.3. The number of hydrogen-bond donors (Lipinski definition) is 3. The van der Waals surface area contributed by atoms with Crippen molar-refractivity contribution in [1.29, 1.82) is 0 Å². The number of carbonyl (C=O) groups excluding carboxylic acids is 4. The van der Waals surface area contributed by atoms with Gasteiger partial charge in [0.1, 0.15) is 19.3 Å². The lowest BCUT2D eigenvalue weighted by Gasteiger charge is -2.21. The monoisotopic (exact) mass is 1330 g/mol. The van der Waals surface area contributed by atoms with Gasteiger partial charge in [0.25, 0.3) is 0 Å². The van der Waals surface area contributed by atoms with Gasteiger partial charge < -0.3 is 33.8 Å². The molecule has 0 rings (SSSR count). The van der Waals surface area contributed by atoms with E-state index in [1.807, 2.05) is 0 Å². The molecule has 91 heavy (non-hydrogen) atoms. The molecule has 0 spiro atoms. The Morgan fingerprint density at radius 3 is 0.978 bits per heavy atom. The van der Waals surface area contributed by atoms with Crippen LogP contribution < -0.4 is 0 Å². The van der Waals surface area contributed by atoms with Gasteiger partial charge in [0, 0.05) is 25.7 Å². The van der Waals surface area contributed by atoms with Crippen LogP contribution in [0.1, 0.15) is 337 Å². The van der Waals surface area contributed by atoms with E-state index >= 15 is 0 Å². The van der Waals surface area contributed by atoms with Crippen LogP contribution in [-0.4, -0.2) is 96.7 Å². The molecule has 17 nitrogen and oxygen atoms in total. The lowest BCUT2D eigenvalue weighted by atomic mass is 9.99. The van der Waals surface area contributed by atoms with E-state index in [9.17, 15) is 43.2 Å². The molecular weight excluding hydrogens is 1200 g/mol. The van der Waals surface area contributed by atoms with E-state index in [1.165, 1.54) is 122 Å². The van der Waals surface area contributed by atoms with Gasteiger partial charge in [0.15, 0.2) is 12.2 Å². The summed E-state index contributed by atoms with van der Waals surface area (Å²) in [5.41, 5.74) is 0. The molecule has 0 aliphatic heterocycles. The summed E-state index contributed by atoms with van der Waals surface area (Å²) in [4.78, 5) is 72.6. The second-order valence-electron chi connectivity index (χ2n) is 26.5. The number of hydrogen-bond acceptors (Lipinski definition) is 15. The van der Waals surface area contributed by atoms with E-state index in [1.54, 1.807) is 0 Å². The summed E-state index contributed by atoms with van der Waals surface area (Å²) in [6.45, 7) is 11.7. The van der Waals surface area contributed by atoms with Gasteiger partial charge in [-0.2, -0.15) is 0 Å². The lowest BCUT2D eigenvalue weighted by Crippen LogP contribution is -2.30. The van der Waals surface area contributed by atoms with Gasteiger partial charge >= 0.3 is 39.5 Å². The number of aliphatic hydroxyl groups excluding tert-OH is 1. The van der Waals surface area contributed by atoms with Crippen LogP contribution in [0.5, 0.6) is 0 Å². The Labute approximate surface area is 554 Å². The van der Waals surface area contributed by atoms with Crippen LogP contribution in [-0.2, 0) is 65.4 Å². The fraction of sp³-hybridized carbons (Fsp3) is 0.889. The van der Waals surface area contributed by atoms with Gasteiger partial charge in [-0.05, 0) is 69.1 Å². The van der Waals surface area contributed by atoms with Gasteiger partial charge in [0.2, 0.25) is 0 Å². The number of unbranched alkanes of at least 4 members (excludes halogenated alkanes) is 32. The van der Waals surface area contributed by atoms with Gasteiger partial charge in [-0.25, -0.2) is 9.13 Å². The number of carbonyl (C=O) groups is 4. The summed E-state index contributed by atoms with van der Waals surface area (Å²) in [7, 11) is -9.92. The molecule has 0 radical (unpaired) electrons. The van der Waals surface area contributed by atoms with E-state index in [2.05, 4.69) is 72.8 Å². The Bertz CT molecular complexity index is 1880. The number of allylic oxidation sites excluding steroid dienone is 4. The molecule has 0 aliphatic carbocycles. The van der Waals surface area contributed by atoms with Crippen molar-refractivity contribution >= 4 is 39.5 Å². The average molecular weight is 1340 g/mol. The van der Waals surface area contributed by atoms with Crippen molar-refractivity contribution in [1.82, 2.24) is 0 Å². The first-order valence-corrected chi connectivity index (χ1v) is 39.7. The minimum Gasteiger partial charge on any atom is -0.462 e. The zero-order valence-electron chi connectivity index (χ0n) is 58.8. The quantitative estimate of drug-likeness (QED) is 0.0169. The van der Waals surface area contributed by atoms with Crippen LogP contribution in [0, 0.1) is 17.8 Å². The molecule has 0 amide bonds. The summed E-state index contributed by atoms with van der Waals surface area (Å²) in [6.07, 6.45) is 49.4. The van der Waals surface area contributed by atoms with Gasteiger partial charge in [-0.1, -0.05) is 285 Å². The zero-order valence-corrected chi connectivity index (χ0v) is 60.6. The molecule has 4 unspecified atom stereocenters. The van der Waals surface area contributed by atoms with Gasteiger partial charge in [0.05, 0.1) is 26.4 Å². The van der Waals surface area contributed by atoms with Crippen molar-refractivity contribution in [2.45, 2.75) is 356 Å².